The lowest BCUT2D eigenvalue weighted by Crippen LogP contribution is -1.99. The summed E-state index contributed by atoms with van der Waals surface area (Å²) in [6.45, 7) is 2.65. The Balaban J connectivity index is 2.34. The molecule has 0 spiro atoms. The Morgan fingerprint density at radius 1 is 1.47 bits per heavy atom. The predicted octanol–water partition coefficient (Wildman–Crippen LogP) is 2.33. The van der Waals surface area contributed by atoms with Crippen molar-refractivity contribution in [2.24, 2.45) is 5.73 Å². The number of aryl methyl sites for hydroxylation is 1. The van der Waals surface area contributed by atoms with E-state index in [1.54, 1.807) is 18.0 Å². The van der Waals surface area contributed by atoms with Crippen molar-refractivity contribution in [3.63, 3.8) is 0 Å². The third-order valence-electron chi connectivity index (χ3n) is 2.19. The summed E-state index contributed by atoms with van der Waals surface area (Å²) in [5.41, 5.74) is 8.10. The highest BCUT2D eigenvalue weighted by Crippen LogP contribution is 2.30. The molecule has 1 aromatic carbocycles. The minimum atomic E-state index is 0.560. The van der Waals surface area contributed by atoms with Gasteiger partial charge in [-0.25, -0.2) is 4.98 Å². The molecule has 0 radical (unpaired) electrons. The second-order valence-corrected chi connectivity index (χ2v) is 4.26. The maximum Gasteiger partial charge on any atom is 0.170 e. The Labute approximate surface area is 93.1 Å². The minimum Gasteiger partial charge on any atom is -0.339 e. The lowest BCUT2D eigenvalue weighted by Gasteiger charge is -2.08. The second kappa shape index (κ2) is 4.51. The molecule has 0 aliphatic rings. The van der Waals surface area contributed by atoms with Crippen LogP contribution in [0, 0.1) is 6.92 Å². The summed E-state index contributed by atoms with van der Waals surface area (Å²) in [5, 5.41) is 0.902. The van der Waals surface area contributed by atoms with Crippen molar-refractivity contribution in [1.82, 2.24) is 9.97 Å². The van der Waals surface area contributed by atoms with Crippen LogP contribution in [0.2, 0.25) is 0 Å². The molecule has 0 aliphatic heterocycles. The Morgan fingerprint density at radius 3 is 3.00 bits per heavy atom. The van der Waals surface area contributed by atoms with Gasteiger partial charge in [0.05, 0.1) is 0 Å². The van der Waals surface area contributed by atoms with Gasteiger partial charge in [0.2, 0.25) is 0 Å². The van der Waals surface area contributed by atoms with Crippen LogP contribution in [0.4, 0.5) is 0 Å². The molecule has 1 aromatic heterocycles. The minimum absolute atomic E-state index is 0.560. The number of nitrogens with two attached hydrogens (primary N) is 1. The molecule has 0 aliphatic carbocycles. The summed E-state index contributed by atoms with van der Waals surface area (Å²) in [6.07, 6.45) is 3.57. The summed E-state index contributed by atoms with van der Waals surface area (Å²) in [5.74, 6) is 0. The number of aromatic amines is 1. The van der Waals surface area contributed by atoms with Gasteiger partial charge in [-0.1, -0.05) is 30.0 Å². The molecule has 0 unspecified atom stereocenters. The Morgan fingerprint density at radius 2 is 2.33 bits per heavy atom. The van der Waals surface area contributed by atoms with Crippen molar-refractivity contribution in [3.05, 3.63) is 41.7 Å². The van der Waals surface area contributed by atoms with Crippen LogP contribution in [-0.2, 0) is 6.54 Å². The summed E-state index contributed by atoms with van der Waals surface area (Å²) >= 11 is 1.63. The van der Waals surface area contributed by atoms with Gasteiger partial charge in [-0.3, -0.25) is 0 Å². The molecule has 2 aromatic rings. The largest absolute Gasteiger partial charge is 0.339 e. The fraction of sp³-hybridized carbons (Fsp3) is 0.182. The molecule has 78 valence electrons. The maximum atomic E-state index is 5.70. The van der Waals surface area contributed by atoms with E-state index >= 15 is 0 Å². The zero-order valence-electron chi connectivity index (χ0n) is 8.53. The smallest absolute Gasteiger partial charge is 0.170 e. The van der Waals surface area contributed by atoms with E-state index in [0.29, 0.717) is 6.54 Å². The Hall–Kier alpha value is -1.26. The van der Waals surface area contributed by atoms with Crippen LogP contribution in [0.5, 0.6) is 0 Å². The quantitative estimate of drug-likeness (QED) is 0.833. The molecular weight excluding hydrogens is 206 g/mol. The van der Waals surface area contributed by atoms with E-state index in [0.717, 1.165) is 10.7 Å². The number of benzene rings is 1. The summed E-state index contributed by atoms with van der Waals surface area (Å²) in [6, 6.07) is 6.17. The maximum absolute atomic E-state index is 5.70. The van der Waals surface area contributed by atoms with E-state index in [4.69, 9.17) is 5.73 Å². The van der Waals surface area contributed by atoms with Crippen LogP contribution >= 0.6 is 11.8 Å². The Kier molecular flexibility index (Phi) is 3.08. The molecule has 0 saturated carbocycles. The lowest BCUT2D eigenvalue weighted by molar-refractivity contribution is 1.000. The molecule has 0 bridgehead atoms. The van der Waals surface area contributed by atoms with Gasteiger partial charge >= 0.3 is 0 Å². The lowest BCUT2D eigenvalue weighted by atomic mass is 10.1. The molecule has 2 rings (SSSR count). The van der Waals surface area contributed by atoms with E-state index < -0.39 is 0 Å². The molecule has 3 nitrogen and oxygen atoms in total. The first kappa shape index (κ1) is 10.3. The summed E-state index contributed by atoms with van der Waals surface area (Å²) in [4.78, 5) is 8.47. The number of hydrogen-bond acceptors (Lipinski definition) is 3. The molecule has 0 fully saturated rings. The van der Waals surface area contributed by atoms with Crippen molar-refractivity contribution >= 4 is 11.8 Å². The number of nitrogens with zero attached hydrogens (tertiary/aromatic N) is 1. The number of nitrogens with one attached hydrogen (secondary N) is 1. The monoisotopic (exact) mass is 219 g/mol. The van der Waals surface area contributed by atoms with Crippen LogP contribution in [0.1, 0.15) is 11.1 Å². The standard InChI is InChI=1S/C11H13N3S/c1-8-3-2-4-9(7-12)10(8)15-11-13-5-6-14-11/h2-6H,7,12H2,1H3,(H,13,14). The number of imidazole rings is 1. The zero-order chi connectivity index (χ0) is 10.7. The predicted molar refractivity (Wildman–Crippen MR) is 61.8 cm³/mol. The molecule has 1 heterocycles. The van der Waals surface area contributed by atoms with Gasteiger partial charge in [-0.05, 0) is 18.1 Å². The first-order chi connectivity index (χ1) is 7.31. The van der Waals surface area contributed by atoms with Crippen LogP contribution in [0.15, 0.2) is 40.6 Å². The SMILES string of the molecule is Cc1cccc(CN)c1Sc1ncc[nH]1. The summed E-state index contributed by atoms with van der Waals surface area (Å²) < 4.78 is 0. The van der Waals surface area contributed by atoms with Gasteiger partial charge in [0.1, 0.15) is 0 Å². The highest BCUT2D eigenvalue weighted by molar-refractivity contribution is 7.99. The van der Waals surface area contributed by atoms with Gasteiger partial charge in [0.15, 0.2) is 5.16 Å². The van der Waals surface area contributed by atoms with Gasteiger partial charge in [-0.15, -0.1) is 0 Å². The van der Waals surface area contributed by atoms with Crippen LogP contribution < -0.4 is 5.73 Å². The number of aromatic nitrogens is 2. The van der Waals surface area contributed by atoms with Gasteiger partial charge in [0, 0.05) is 23.8 Å². The third-order valence-corrected chi connectivity index (χ3v) is 3.39. The van der Waals surface area contributed by atoms with E-state index in [9.17, 15) is 0 Å². The first-order valence-electron chi connectivity index (χ1n) is 4.77. The van der Waals surface area contributed by atoms with E-state index in [-0.39, 0.29) is 0 Å². The van der Waals surface area contributed by atoms with Crippen LogP contribution in [0.25, 0.3) is 0 Å². The highest BCUT2D eigenvalue weighted by Gasteiger charge is 2.07. The molecular formula is C11H13N3S. The average molecular weight is 219 g/mol. The molecule has 0 saturated heterocycles. The molecule has 4 heteroatoms. The topological polar surface area (TPSA) is 54.7 Å². The third kappa shape index (κ3) is 2.22. The van der Waals surface area contributed by atoms with Crippen molar-refractivity contribution in [3.8, 4) is 0 Å². The van der Waals surface area contributed by atoms with Gasteiger partial charge in [-0.2, -0.15) is 0 Å². The van der Waals surface area contributed by atoms with E-state index in [1.165, 1.54) is 10.5 Å². The summed E-state index contributed by atoms with van der Waals surface area (Å²) in [7, 11) is 0. The van der Waals surface area contributed by atoms with Crippen LogP contribution in [-0.4, -0.2) is 9.97 Å². The first-order valence-corrected chi connectivity index (χ1v) is 5.58. The van der Waals surface area contributed by atoms with Crippen LogP contribution in [0.3, 0.4) is 0 Å². The highest BCUT2D eigenvalue weighted by atomic mass is 32.2. The second-order valence-electron chi connectivity index (χ2n) is 3.26. The van der Waals surface area contributed by atoms with Crippen molar-refractivity contribution in [2.75, 3.05) is 0 Å². The van der Waals surface area contributed by atoms with Crippen molar-refractivity contribution in [2.45, 2.75) is 23.5 Å². The Bertz CT molecular complexity index is 437. The fourth-order valence-electron chi connectivity index (χ4n) is 1.42. The number of rotatable bonds is 3. The van der Waals surface area contributed by atoms with E-state index in [2.05, 4.69) is 29.0 Å². The van der Waals surface area contributed by atoms with Gasteiger partial charge < -0.3 is 10.7 Å². The van der Waals surface area contributed by atoms with E-state index in [1.807, 2.05) is 12.3 Å². The van der Waals surface area contributed by atoms with Crippen molar-refractivity contribution < 1.29 is 0 Å². The number of H-pyrrole nitrogens is 1. The van der Waals surface area contributed by atoms with Crippen molar-refractivity contribution in [1.29, 1.82) is 0 Å². The zero-order valence-corrected chi connectivity index (χ0v) is 9.34. The molecule has 15 heavy (non-hydrogen) atoms. The normalized spacial score (nSPS) is 10.5. The molecule has 0 amide bonds. The average Bonchev–Trinajstić information content (AvgIpc) is 2.74. The molecule has 0 atom stereocenters. The van der Waals surface area contributed by atoms with Gasteiger partial charge in [0.25, 0.3) is 0 Å². The fourth-order valence-corrected chi connectivity index (χ4v) is 2.37. The molecule has 3 N–H and O–H groups in total. The number of hydrogen-bond donors (Lipinski definition) is 2.